The maximum atomic E-state index is 3.46. The molecule has 1 aliphatic rings. The van der Waals surface area contributed by atoms with E-state index in [1.807, 2.05) is 12.1 Å². The van der Waals surface area contributed by atoms with Crippen LogP contribution in [-0.4, -0.2) is 37.7 Å². The van der Waals surface area contributed by atoms with Crippen molar-refractivity contribution in [1.29, 1.82) is 0 Å². The summed E-state index contributed by atoms with van der Waals surface area (Å²) in [6.07, 6.45) is 0. The van der Waals surface area contributed by atoms with Crippen molar-refractivity contribution in [2.45, 2.75) is 0 Å². The predicted molar refractivity (Wildman–Crippen MR) is 67.1 cm³/mol. The molecule has 0 amide bonds. The van der Waals surface area contributed by atoms with Crippen LogP contribution in [-0.2, 0) is 0 Å². The highest BCUT2D eigenvalue weighted by atomic mass is 79.9. The first-order chi connectivity index (χ1) is 7.34. The van der Waals surface area contributed by atoms with Crippen molar-refractivity contribution < 1.29 is 0 Å². The Kier molecular flexibility index (Phi) is 4.00. The van der Waals surface area contributed by atoms with Gasteiger partial charge in [-0.1, -0.05) is 22.0 Å². The van der Waals surface area contributed by atoms with Crippen molar-refractivity contribution in [2.24, 2.45) is 0 Å². The van der Waals surface area contributed by atoms with Gasteiger partial charge in [0.25, 0.3) is 0 Å². The number of halogens is 1. The molecule has 0 aromatic heterocycles. The lowest BCUT2D eigenvalue weighted by molar-refractivity contribution is 0.256. The third kappa shape index (κ3) is 3.48. The van der Waals surface area contributed by atoms with E-state index in [2.05, 4.69) is 43.6 Å². The van der Waals surface area contributed by atoms with Gasteiger partial charge in [-0.05, 0) is 18.2 Å². The molecule has 0 aliphatic carbocycles. The van der Waals surface area contributed by atoms with E-state index in [1.54, 1.807) is 0 Å². The van der Waals surface area contributed by atoms with E-state index in [0.717, 1.165) is 37.3 Å². The Labute approximate surface area is 99.0 Å². The molecule has 0 bridgehead atoms. The second-order valence-electron chi connectivity index (χ2n) is 3.71. The van der Waals surface area contributed by atoms with Crippen molar-refractivity contribution in [3.8, 4) is 0 Å². The largest absolute Gasteiger partial charge is 0.372 e. The molecule has 1 aliphatic heterocycles. The molecule has 1 aromatic carbocycles. The van der Waals surface area contributed by atoms with Crippen LogP contribution in [0.4, 0.5) is 5.69 Å². The van der Waals surface area contributed by atoms with Gasteiger partial charge >= 0.3 is 0 Å². The van der Waals surface area contributed by atoms with Crippen molar-refractivity contribution in [2.75, 3.05) is 38.2 Å². The molecule has 1 saturated heterocycles. The van der Waals surface area contributed by atoms with Crippen molar-refractivity contribution in [3.05, 3.63) is 28.7 Å². The molecule has 2 N–H and O–H groups in total. The molecule has 15 heavy (non-hydrogen) atoms. The smallest absolute Gasteiger partial charge is 0.0679 e. The van der Waals surface area contributed by atoms with Crippen molar-refractivity contribution in [1.82, 2.24) is 10.2 Å². The highest BCUT2D eigenvalue weighted by Gasteiger charge is 2.08. The second-order valence-corrected chi connectivity index (χ2v) is 4.63. The van der Waals surface area contributed by atoms with Gasteiger partial charge in [-0.2, -0.15) is 0 Å². The molecule has 1 heterocycles. The lowest BCUT2D eigenvalue weighted by Crippen LogP contribution is -2.45. The van der Waals surface area contributed by atoms with Gasteiger partial charge in [0.05, 0.1) is 6.67 Å². The van der Waals surface area contributed by atoms with Crippen LogP contribution in [0, 0.1) is 0 Å². The zero-order chi connectivity index (χ0) is 10.5. The van der Waals surface area contributed by atoms with Crippen LogP contribution in [0.15, 0.2) is 28.7 Å². The van der Waals surface area contributed by atoms with E-state index in [9.17, 15) is 0 Å². The molecule has 0 unspecified atom stereocenters. The van der Waals surface area contributed by atoms with E-state index < -0.39 is 0 Å². The summed E-state index contributed by atoms with van der Waals surface area (Å²) in [6, 6.07) is 8.27. The standard InChI is InChI=1S/C11H16BrN3/c12-10-2-1-3-11(8-10)14-9-15-6-4-13-5-7-15/h1-3,8,13-14H,4-7,9H2. The third-order valence-electron chi connectivity index (χ3n) is 2.54. The Bertz CT molecular complexity index is 310. The average Bonchev–Trinajstić information content (AvgIpc) is 2.28. The van der Waals surface area contributed by atoms with E-state index in [1.165, 1.54) is 5.69 Å². The Balaban J connectivity index is 1.81. The summed E-state index contributed by atoms with van der Waals surface area (Å²) in [7, 11) is 0. The summed E-state index contributed by atoms with van der Waals surface area (Å²) in [5.74, 6) is 0. The molecule has 0 spiro atoms. The van der Waals surface area contributed by atoms with Crippen LogP contribution in [0.25, 0.3) is 0 Å². The van der Waals surface area contributed by atoms with Gasteiger partial charge in [-0.3, -0.25) is 4.90 Å². The number of anilines is 1. The van der Waals surface area contributed by atoms with Crippen LogP contribution in [0.3, 0.4) is 0 Å². The Morgan fingerprint density at radius 1 is 1.33 bits per heavy atom. The predicted octanol–water partition coefficient (Wildman–Crippen LogP) is 1.72. The molecule has 0 radical (unpaired) electrons. The number of benzene rings is 1. The van der Waals surface area contributed by atoms with E-state index in [0.29, 0.717) is 0 Å². The van der Waals surface area contributed by atoms with Crippen LogP contribution in [0.2, 0.25) is 0 Å². The highest BCUT2D eigenvalue weighted by Crippen LogP contribution is 2.15. The Morgan fingerprint density at radius 3 is 2.87 bits per heavy atom. The van der Waals surface area contributed by atoms with Crippen molar-refractivity contribution >= 4 is 21.6 Å². The van der Waals surface area contributed by atoms with E-state index >= 15 is 0 Å². The van der Waals surface area contributed by atoms with Gasteiger partial charge in [0.2, 0.25) is 0 Å². The minimum Gasteiger partial charge on any atom is -0.372 e. The molecule has 1 aromatic rings. The van der Waals surface area contributed by atoms with Gasteiger partial charge in [0, 0.05) is 36.3 Å². The summed E-state index contributed by atoms with van der Waals surface area (Å²) in [4.78, 5) is 2.41. The van der Waals surface area contributed by atoms with E-state index in [-0.39, 0.29) is 0 Å². The normalized spacial score (nSPS) is 17.7. The summed E-state index contributed by atoms with van der Waals surface area (Å²) in [5.41, 5.74) is 1.17. The van der Waals surface area contributed by atoms with Crippen LogP contribution in [0.1, 0.15) is 0 Å². The van der Waals surface area contributed by atoms with Gasteiger partial charge in [-0.25, -0.2) is 0 Å². The SMILES string of the molecule is Brc1cccc(NCN2CCNCC2)c1. The second kappa shape index (κ2) is 5.49. The summed E-state index contributed by atoms with van der Waals surface area (Å²) >= 11 is 3.46. The minimum atomic E-state index is 0.929. The van der Waals surface area contributed by atoms with Crippen LogP contribution in [0.5, 0.6) is 0 Å². The molecule has 1 fully saturated rings. The highest BCUT2D eigenvalue weighted by molar-refractivity contribution is 9.10. The molecule has 2 rings (SSSR count). The first kappa shape index (κ1) is 10.9. The zero-order valence-electron chi connectivity index (χ0n) is 8.67. The fourth-order valence-electron chi connectivity index (χ4n) is 1.67. The monoisotopic (exact) mass is 269 g/mol. The molecular formula is C11H16BrN3. The number of nitrogens with zero attached hydrogens (tertiary/aromatic N) is 1. The fraction of sp³-hybridized carbons (Fsp3) is 0.455. The van der Waals surface area contributed by atoms with Gasteiger partial charge in [0.15, 0.2) is 0 Å². The lowest BCUT2D eigenvalue weighted by Gasteiger charge is -2.27. The zero-order valence-corrected chi connectivity index (χ0v) is 10.3. The molecule has 3 nitrogen and oxygen atoms in total. The Hall–Kier alpha value is -0.580. The van der Waals surface area contributed by atoms with Crippen LogP contribution < -0.4 is 10.6 Å². The molecular weight excluding hydrogens is 254 g/mol. The summed E-state index contributed by atoms with van der Waals surface area (Å²) < 4.78 is 1.12. The first-order valence-electron chi connectivity index (χ1n) is 5.27. The van der Waals surface area contributed by atoms with Crippen LogP contribution >= 0.6 is 15.9 Å². The quantitative estimate of drug-likeness (QED) is 0.875. The summed E-state index contributed by atoms with van der Waals surface area (Å²) in [5, 5.41) is 6.77. The molecule has 4 heteroatoms. The first-order valence-corrected chi connectivity index (χ1v) is 6.06. The minimum absolute atomic E-state index is 0.929. The number of nitrogens with one attached hydrogen (secondary N) is 2. The Morgan fingerprint density at radius 2 is 2.13 bits per heavy atom. The van der Waals surface area contributed by atoms with E-state index in [4.69, 9.17) is 0 Å². The van der Waals surface area contributed by atoms with Gasteiger partial charge < -0.3 is 10.6 Å². The fourth-order valence-corrected chi connectivity index (χ4v) is 2.07. The summed E-state index contributed by atoms with van der Waals surface area (Å²) in [6.45, 7) is 5.38. The number of rotatable bonds is 3. The number of hydrogen-bond acceptors (Lipinski definition) is 3. The van der Waals surface area contributed by atoms with Crippen molar-refractivity contribution in [3.63, 3.8) is 0 Å². The molecule has 0 saturated carbocycles. The molecule has 82 valence electrons. The van der Waals surface area contributed by atoms with Gasteiger partial charge in [0.1, 0.15) is 0 Å². The maximum Gasteiger partial charge on any atom is 0.0679 e. The lowest BCUT2D eigenvalue weighted by atomic mass is 10.3. The average molecular weight is 270 g/mol. The molecule has 0 atom stereocenters. The maximum absolute atomic E-state index is 3.46. The van der Waals surface area contributed by atoms with Gasteiger partial charge in [-0.15, -0.1) is 0 Å². The third-order valence-corrected chi connectivity index (χ3v) is 3.03. The number of piperazine rings is 1. The topological polar surface area (TPSA) is 27.3 Å². The number of hydrogen-bond donors (Lipinski definition) is 2.